The quantitative estimate of drug-likeness (QED) is 0.715. The standard InChI is InChI=1S/C24H33N5O4/c1-16-4-9-27(10-5-16)22(30)20-15-25-29-13-8-19(14-21(20)29)18-6-11-28(12-7-18)24(32)26-17(2)23(31)33-3/h8,13-18H,4-7,9-12H2,1-3H3,(H,26,32)/t17-/m0/s1. The number of hydrogen-bond acceptors (Lipinski definition) is 5. The van der Waals surface area contributed by atoms with Crippen LogP contribution in [0.1, 0.15) is 61.4 Å². The third-order valence-corrected chi connectivity index (χ3v) is 7.00. The smallest absolute Gasteiger partial charge is 0.328 e. The van der Waals surface area contributed by atoms with Crippen LogP contribution < -0.4 is 5.32 Å². The Kier molecular flexibility index (Phi) is 6.85. The summed E-state index contributed by atoms with van der Waals surface area (Å²) in [4.78, 5) is 40.8. The molecule has 0 aliphatic carbocycles. The van der Waals surface area contributed by atoms with Crippen molar-refractivity contribution in [2.75, 3.05) is 33.3 Å². The molecule has 33 heavy (non-hydrogen) atoms. The normalized spacial score (nSPS) is 18.9. The average molecular weight is 456 g/mol. The number of likely N-dealkylation sites (tertiary alicyclic amines) is 2. The van der Waals surface area contributed by atoms with Gasteiger partial charge in [-0.3, -0.25) is 4.79 Å². The first-order valence-corrected chi connectivity index (χ1v) is 11.8. The fourth-order valence-corrected chi connectivity index (χ4v) is 4.73. The number of aromatic nitrogens is 2. The molecule has 2 saturated heterocycles. The highest BCUT2D eigenvalue weighted by atomic mass is 16.5. The first-order chi connectivity index (χ1) is 15.9. The van der Waals surface area contributed by atoms with Crippen LogP contribution in [-0.2, 0) is 9.53 Å². The Labute approximate surface area is 194 Å². The van der Waals surface area contributed by atoms with Crippen molar-refractivity contribution in [2.24, 2.45) is 5.92 Å². The molecule has 2 aliphatic rings. The van der Waals surface area contributed by atoms with E-state index >= 15 is 0 Å². The van der Waals surface area contributed by atoms with Crippen molar-refractivity contribution in [2.45, 2.75) is 51.5 Å². The molecule has 2 aromatic heterocycles. The molecular weight excluding hydrogens is 422 g/mol. The van der Waals surface area contributed by atoms with Gasteiger partial charge >= 0.3 is 12.0 Å². The fraction of sp³-hybridized carbons (Fsp3) is 0.583. The largest absolute Gasteiger partial charge is 0.467 e. The molecule has 4 rings (SSSR count). The Hall–Kier alpha value is -3.10. The van der Waals surface area contributed by atoms with E-state index in [4.69, 9.17) is 0 Å². The highest BCUT2D eigenvalue weighted by Crippen LogP contribution is 2.30. The molecule has 2 aromatic rings. The summed E-state index contributed by atoms with van der Waals surface area (Å²) in [6, 6.07) is 3.20. The number of pyridine rings is 1. The zero-order chi connectivity index (χ0) is 23.5. The van der Waals surface area contributed by atoms with Gasteiger partial charge in [0.15, 0.2) is 0 Å². The van der Waals surface area contributed by atoms with Gasteiger partial charge in [-0.1, -0.05) is 6.92 Å². The number of carbonyl (C=O) groups is 3. The van der Waals surface area contributed by atoms with Crippen LogP contribution in [0.4, 0.5) is 4.79 Å². The molecule has 0 radical (unpaired) electrons. The second-order valence-corrected chi connectivity index (χ2v) is 9.28. The van der Waals surface area contributed by atoms with E-state index in [0.29, 0.717) is 30.5 Å². The lowest BCUT2D eigenvalue weighted by molar-refractivity contribution is -0.142. The van der Waals surface area contributed by atoms with Crippen LogP contribution in [0.3, 0.4) is 0 Å². The van der Waals surface area contributed by atoms with Crippen molar-refractivity contribution >= 4 is 23.4 Å². The Balaban J connectivity index is 1.41. The SMILES string of the molecule is COC(=O)[C@H](C)NC(=O)N1CCC(c2ccn3ncc(C(=O)N4CCC(C)CC4)c3c2)CC1. The second-order valence-electron chi connectivity index (χ2n) is 9.28. The van der Waals surface area contributed by atoms with Gasteiger partial charge in [-0.15, -0.1) is 0 Å². The molecule has 3 amide bonds. The number of fused-ring (bicyclic) bond motifs is 1. The molecule has 2 fully saturated rings. The summed E-state index contributed by atoms with van der Waals surface area (Å²) in [6.07, 6.45) is 7.31. The van der Waals surface area contributed by atoms with E-state index in [2.05, 4.69) is 34.2 Å². The highest BCUT2D eigenvalue weighted by Gasteiger charge is 2.28. The number of nitrogens with one attached hydrogen (secondary N) is 1. The van der Waals surface area contributed by atoms with E-state index in [1.165, 1.54) is 7.11 Å². The highest BCUT2D eigenvalue weighted by molar-refractivity contribution is 6.00. The molecule has 0 saturated carbocycles. The average Bonchev–Trinajstić information content (AvgIpc) is 3.26. The Bertz CT molecular complexity index is 1020. The van der Waals surface area contributed by atoms with Gasteiger partial charge in [0, 0.05) is 32.4 Å². The molecule has 2 aliphatic heterocycles. The summed E-state index contributed by atoms with van der Waals surface area (Å²) in [5, 5.41) is 7.08. The number of ether oxygens (including phenoxy) is 1. The number of nitrogens with zero attached hydrogens (tertiary/aromatic N) is 4. The van der Waals surface area contributed by atoms with Crippen molar-refractivity contribution in [3.05, 3.63) is 35.7 Å². The van der Waals surface area contributed by atoms with Crippen molar-refractivity contribution in [1.82, 2.24) is 24.7 Å². The number of esters is 1. The van der Waals surface area contributed by atoms with Gasteiger partial charge in [0.25, 0.3) is 5.91 Å². The number of carbonyl (C=O) groups excluding carboxylic acids is 3. The van der Waals surface area contributed by atoms with Crippen molar-refractivity contribution in [1.29, 1.82) is 0 Å². The molecule has 178 valence electrons. The third kappa shape index (κ3) is 4.96. The maximum absolute atomic E-state index is 13.1. The lowest BCUT2D eigenvalue weighted by Crippen LogP contribution is -2.49. The molecule has 0 unspecified atom stereocenters. The first-order valence-electron chi connectivity index (χ1n) is 11.8. The Morgan fingerprint density at radius 3 is 2.42 bits per heavy atom. The summed E-state index contributed by atoms with van der Waals surface area (Å²) < 4.78 is 6.43. The van der Waals surface area contributed by atoms with Crippen LogP contribution in [0.2, 0.25) is 0 Å². The molecule has 0 spiro atoms. The van der Waals surface area contributed by atoms with E-state index in [0.717, 1.165) is 49.9 Å². The maximum atomic E-state index is 13.1. The van der Waals surface area contributed by atoms with Crippen molar-refractivity contribution in [3.63, 3.8) is 0 Å². The van der Waals surface area contributed by atoms with Gasteiger partial charge in [0.1, 0.15) is 6.04 Å². The lowest BCUT2D eigenvalue weighted by atomic mass is 9.89. The lowest BCUT2D eigenvalue weighted by Gasteiger charge is -2.33. The van der Waals surface area contributed by atoms with Gasteiger partial charge in [-0.05, 0) is 62.1 Å². The van der Waals surface area contributed by atoms with Gasteiger partial charge in [0.05, 0.1) is 24.4 Å². The van der Waals surface area contributed by atoms with Gasteiger partial charge < -0.3 is 19.9 Å². The summed E-state index contributed by atoms with van der Waals surface area (Å²) in [5.74, 6) is 0.559. The van der Waals surface area contributed by atoms with E-state index in [-0.39, 0.29) is 11.9 Å². The van der Waals surface area contributed by atoms with E-state index < -0.39 is 12.0 Å². The molecule has 1 atom stereocenters. The van der Waals surface area contributed by atoms with E-state index in [1.807, 2.05) is 11.1 Å². The first kappa shape index (κ1) is 23.1. The fourth-order valence-electron chi connectivity index (χ4n) is 4.73. The summed E-state index contributed by atoms with van der Waals surface area (Å²) in [5.41, 5.74) is 2.65. The molecule has 4 heterocycles. The predicted molar refractivity (Wildman–Crippen MR) is 123 cm³/mol. The summed E-state index contributed by atoms with van der Waals surface area (Å²) >= 11 is 0. The predicted octanol–water partition coefficient (Wildman–Crippen LogP) is 2.66. The van der Waals surface area contributed by atoms with Crippen LogP contribution in [0, 0.1) is 5.92 Å². The molecule has 1 N–H and O–H groups in total. The van der Waals surface area contributed by atoms with Gasteiger partial charge in [0.2, 0.25) is 0 Å². The van der Waals surface area contributed by atoms with Gasteiger partial charge in [-0.2, -0.15) is 5.10 Å². The second kappa shape index (κ2) is 9.80. The molecule has 0 bridgehead atoms. The molecule has 9 heteroatoms. The minimum Gasteiger partial charge on any atom is -0.467 e. The molecule has 0 aromatic carbocycles. The number of urea groups is 1. The van der Waals surface area contributed by atoms with Crippen molar-refractivity contribution in [3.8, 4) is 0 Å². The maximum Gasteiger partial charge on any atom is 0.328 e. The Morgan fingerprint density at radius 2 is 1.76 bits per heavy atom. The number of methoxy groups -OCH3 is 1. The van der Waals surface area contributed by atoms with Crippen LogP contribution in [0.5, 0.6) is 0 Å². The minimum absolute atomic E-state index is 0.0558. The van der Waals surface area contributed by atoms with E-state index in [9.17, 15) is 14.4 Å². The van der Waals surface area contributed by atoms with Crippen LogP contribution in [0.25, 0.3) is 5.52 Å². The Morgan fingerprint density at radius 1 is 1.09 bits per heavy atom. The van der Waals surface area contributed by atoms with Crippen LogP contribution in [0.15, 0.2) is 24.5 Å². The number of hydrogen-bond donors (Lipinski definition) is 1. The molecule has 9 nitrogen and oxygen atoms in total. The third-order valence-electron chi connectivity index (χ3n) is 7.00. The number of amides is 3. The summed E-state index contributed by atoms with van der Waals surface area (Å²) in [7, 11) is 1.31. The molecular formula is C24H33N5O4. The zero-order valence-corrected chi connectivity index (χ0v) is 19.6. The summed E-state index contributed by atoms with van der Waals surface area (Å²) in [6.45, 7) is 6.65. The van der Waals surface area contributed by atoms with Crippen molar-refractivity contribution < 1.29 is 19.1 Å². The number of piperidine rings is 2. The zero-order valence-electron chi connectivity index (χ0n) is 19.6. The van der Waals surface area contributed by atoms with Crippen LogP contribution in [-0.4, -0.2) is 76.7 Å². The number of rotatable bonds is 4. The van der Waals surface area contributed by atoms with Gasteiger partial charge in [-0.25, -0.2) is 14.1 Å². The monoisotopic (exact) mass is 455 g/mol. The minimum atomic E-state index is -0.677. The van der Waals surface area contributed by atoms with Crippen LogP contribution >= 0.6 is 0 Å². The topological polar surface area (TPSA) is 96.2 Å². The van der Waals surface area contributed by atoms with E-state index in [1.54, 1.807) is 22.5 Å².